The Bertz CT molecular complexity index is 363. The van der Waals surface area contributed by atoms with Gasteiger partial charge in [-0.3, -0.25) is 0 Å². The van der Waals surface area contributed by atoms with Crippen LogP contribution in [0.15, 0.2) is 30.3 Å². The van der Waals surface area contributed by atoms with Crippen LogP contribution in [0.25, 0.3) is 0 Å². The van der Waals surface area contributed by atoms with E-state index in [-0.39, 0.29) is 0 Å². The topological polar surface area (TPSA) is 0 Å². The average Bonchev–Trinajstić information content (AvgIpc) is 2.29. The van der Waals surface area contributed by atoms with Crippen molar-refractivity contribution < 1.29 is 0 Å². The van der Waals surface area contributed by atoms with Crippen LogP contribution in [0.3, 0.4) is 0 Å². The maximum absolute atomic E-state index is 3.49. The monoisotopic (exact) mass is 264 g/mol. The first kappa shape index (κ1) is 10.8. The standard InChI is InChI=1S/C14H16Se/c1-14(10-5-6-12-15-14)11-9-13-7-3-2-4-8-13/h2-4,7-8H,5-6,10,12H2,1H3. The van der Waals surface area contributed by atoms with Crippen molar-refractivity contribution in [1.29, 1.82) is 0 Å². The van der Waals surface area contributed by atoms with Gasteiger partial charge in [-0.05, 0) is 0 Å². The molecule has 0 N–H and O–H groups in total. The van der Waals surface area contributed by atoms with Crippen LogP contribution >= 0.6 is 0 Å². The summed E-state index contributed by atoms with van der Waals surface area (Å²) in [5.41, 5.74) is 1.15. The van der Waals surface area contributed by atoms with Gasteiger partial charge in [0.2, 0.25) is 0 Å². The van der Waals surface area contributed by atoms with E-state index in [0.717, 1.165) is 5.56 Å². The second-order valence-electron chi connectivity index (χ2n) is 4.15. The Kier molecular flexibility index (Phi) is 3.52. The quantitative estimate of drug-likeness (QED) is 0.496. The van der Waals surface area contributed by atoms with E-state index >= 15 is 0 Å². The van der Waals surface area contributed by atoms with Crippen LogP contribution in [0.5, 0.6) is 0 Å². The van der Waals surface area contributed by atoms with Gasteiger partial charge in [-0.1, -0.05) is 0 Å². The van der Waals surface area contributed by atoms with E-state index in [9.17, 15) is 0 Å². The van der Waals surface area contributed by atoms with Gasteiger partial charge in [0, 0.05) is 0 Å². The van der Waals surface area contributed by atoms with Crippen molar-refractivity contribution in [1.82, 2.24) is 0 Å². The van der Waals surface area contributed by atoms with Gasteiger partial charge < -0.3 is 0 Å². The van der Waals surface area contributed by atoms with Gasteiger partial charge in [0.05, 0.1) is 0 Å². The van der Waals surface area contributed by atoms with Crippen LogP contribution in [0, 0.1) is 11.8 Å². The molecule has 1 aromatic rings. The van der Waals surface area contributed by atoms with Crippen LogP contribution in [-0.2, 0) is 0 Å². The summed E-state index contributed by atoms with van der Waals surface area (Å²) in [5.74, 6) is 6.81. The van der Waals surface area contributed by atoms with Gasteiger partial charge in [-0.2, -0.15) is 0 Å². The zero-order valence-corrected chi connectivity index (χ0v) is 10.8. The molecule has 1 aliphatic heterocycles. The second kappa shape index (κ2) is 4.88. The van der Waals surface area contributed by atoms with E-state index in [1.165, 1.54) is 24.6 Å². The second-order valence-corrected chi connectivity index (χ2v) is 7.51. The summed E-state index contributed by atoms with van der Waals surface area (Å²) in [4.78, 5) is 0. The molecule has 1 heteroatoms. The summed E-state index contributed by atoms with van der Waals surface area (Å²) in [6, 6.07) is 10.3. The van der Waals surface area contributed by atoms with Gasteiger partial charge in [0.1, 0.15) is 0 Å². The molecule has 1 aliphatic rings. The van der Waals surface area contributed by atoms with E-state index in [1.54, 1.807) is 0 Å². The number of hydrogen-bond donors (Lipinski definition) is 0. The SMILES string of the molecule is CC1(C#Cc2ccccc2)CCCC[Se]1. The van der Waals surface area contributed by atoms with Crippen LogP contribution in [0.1, 0.15) is 31.7 Å². The normalized spacial score (nSPS) is 25.4. The molecule has 0 radical (unpaired) electrons. The maximum atomic E-state index is 3.49. The Morgan fingerprint density at radius 3 is 2.67 bits per heavy atom. The first-order chi connectivity index (χ1) is 7.29. The minimum absolute atomic E-state index is 0.334. The molecule has 1 atom stereocenters. The van der Waals surface area contributed by atoms with Gasteiger partial charge in [-0.25, -0.2) is 0 Å². The van der Waals surface area contributed by atoms with Crippen LogP contribution in [0.4, 0.5) is 0 Å². The third kappa shape index (κ3) is 3.13. The molecule has 15 heavy (non-hydrogen) atoms. The number of rotatable bonds is 0. The van der Waals surface area contributed by atoms with Crippen molar-refractivity contribution >= 4 is 15.0 Å². The predicted octanol–water partition coefficient (Wildman–Crippen LogP) is 3.52. The van der Waals surface area contributed by atoms with E-state index < -0.39 is 0 Å². The fourth-order valence-corrected chi connectivity index (χ4v) is 4.30. The van der Waals surface area contributed by atoms with Crippen LogP contribution < -0.4 is 0 Å². The molecule has 0 amide bonds. The summed E-state index contributed by atoms with van der Waals surface area (Å²) in [7, 11) is 0. The molecule has 1 heterocycles. The zero-order valence-electron chi connectivity index (χ0n) is 9.12. The van der Waals surface area contributed by atoms with Crippen molar-refractivity contribution in [2.75, 3.05) is 0 Å². The Hall–Kier alpha value is -0.701. The van der Waals surface area contributed by atoms with Crippen molar-refractivity contribution in [2.45, 2.75) is 35.8 Å². The molecule has 2 rings (SSSR count). The first-order valence-corrected chi connectivity index (χ1v) is 7.57. The first-order valence-electron chi connectivity index (χ1n) is 5.51. The van der Waals surface area contributed by atoms with Crippen molar-refractivity contribution in [2.24, 2.45) is 0 Å². The van der Waals surface area contributed by atoms with Gasteiger partial charge in [0.15, 0.2) is 0 Å². The number of hydrogen-bond acceptors (Lipinski definition) is 0. The van der Waals surface area contributed by atoms with Crippen molar-refractivity contribution in [3.8, 4) is 11.8 Å². The van der Waals surface area contributed by atoms with Gasteiger partial charge >= 0.3 is 98.5 Å². The van der Waals surface area contributed by atoms with Crippen LogP contribution in [0.2, 0.25) is 9.63 Å². The molecule has 78 valence electrons. The summed E-state index contributed by atoms with van der Waals surface area (Å²) >= 11 is 0.715. The third-order valence-electron chi connectivity index (χ3n) is 2.71. The summed E-state index contributed by atoms with van der Waals surface area (Å²) in [6.07, 6.45) is 4.08. The molecule has 1 saturated heterocycles. The summed E-state index contributed by atoms with van der Waals surface area (Å²) in [6.45, 7) is 2.34. The molecular weight excluding hydrogens is 247 g/mol. The number of benzene rings is 1. The Morgan fingerprint density at radius 1 is 1.20 bits per heavy atom. The zero-order chi connectivity index (χ0) is 10.6. The van der Waals surface area contributed by atoms with E-state index in [1.807, 2.05) is 6.07 Å². The molecule has 0 saturated carbocycles. The molecule has 0 nitrogen and oxygen atoms in total. The average molecular weight is 263 g/mol. The molecule has 1 aromatic carbocycles. The van der Waals surface area contributed by atoms with Gasteiger partial charge in [-0.15, -0.1) is 0 Å². The summed E-state index contributed by atoms with van der Waals surface area (Å²) < 4.78 is 0.334. The van der Waals surface area contributed by atoms with E-state index in [2.05, 4.69) is 43.0 Å². The fourth-order valence-electron chi connectivity index (χ4n) is 1.76. The molecular formula is C14H16Se. The fraction of sp³-hybridized carbons (Fsp3) is 0.429. The Balaban J connectivity index is 2.10. The van der Waals surface area contributed by atoms with Crippen molar-refractivity contribution in [3.63, 3.8) is 0 Å². The molecule has 0 spiro atoms. The summed E-state index contributed by atoms with van der Waals surface area (Å²) in [5, 5.41) is 1.41. The molecule has 1 unspecified atom stereocenters. The molecule has 0 bridgehead atoms. The predicted molar refractivity (Wildman–Crippen MR) is 66.1 cm³/mol. The van der Waals surface area contributed by atoms with E-state index in [4.69, 9.17) is 0 Å². The Labute approximate surface area is 98.6 Å². The third-order valence-corrected chi connectivity index (χ3v) is 5.73. The molecule has 0 aromatic heterocycles. The van der Waals surface area contributed by atoms with Gasteiger partial charge in [0.25, 0.3) is 0 Å². The minimum atomic E-state index is 0.334. The Morgan fingerprint density at radius 2 is 2.00 bits per heavy atom. The molecule has 0 aliphatic carbocycles. The van der Waals surface area contributed by atoms with Crippen molar-refractivity contribution in [3.05, 3.63) is 35.9 Å². The van der Waals surface area contributed by atoms with Crippen LogP contribution in [-0.4, -0.2) is 15.0 Å². The van der Waals surface area contributed by atoms with E-state index in [0.29, 0.717) is 19.3 Å². The molecule has 1 fully saturated rings.